The number of hydrogen-bond acceptors (Lipinski definition) is 3. The van der Waals surface area contributed by atoms with E-state index in [0.717, 1.165) is 12.8 Å². The van der Waals surface area contributed by atoms with E-state index in [4.69, 9.17) is 5.73 Å². The Labute approximate surface area is 91.3 Å². The lowest BCUT2D eigenvalue weighted by atomic mass is 10.0. The van der Waals surface area contributed by atoms with Gasteiger partial charge in [-0.15, -0.1) is 0 Å². The molecule has 0 heterocycles. The van der Waals surface area contributed by atoms with Crippen LogP contribution in [0, 0.1) is 0 Å². The van der Waals surface area contributed by atoms with E-state index in [1.807, 2.05) is 25.2 Å². The fourth-order valence-corrected chi connectivity index (χ4v) is 1.66. The lowest BCUT2D eigenvalue weighted by molar-refractivity contribution is 0.164. The summed E-state index contributed by atoms with van der Waals surface area (Å²) in [5, 5.41) is 12.5. The van der Waals surface area contributed by atoms with Crippen LogP contribution in [0.4, 0.5) is 0 Å². The smallest absolute Gasteiger partial charge is 0.0667 e. The number of hydrogen-bond donors (Lipinski definition) is 3. The molecule has 0 bridgehead atoms. The predicted molar refractivity (Wildman–Crippen MR) is 62.6 cm³/mol. The minimum absolute atomic E-state index is 0.277. The average molecular weight is 208 g/mol. The van der Waals surface area contributed by atoms with Crippen LogP contribution in [0.3, 0.4) is 0 Å². The van der Waals surface area contributed by atoms with Crippen molar-refractivity contribution in [3.63, 3.8) is 0 Å². The molecule has 0 saturated carbocycles. The van der Waals surface area contributed by atoms with E-state index < -0.39 is 0 Å². The molecule has 0 aliphatic carbocycles. The summed E-state index contributed by atoms with van der Waals surface area (Å²) in [5.74, 6) is 0. The van der Waals surface area contributed by atoms with Gasteiger partial charge in [-0.05, 0) is 31.0 Å². The first kappa shape index (κ1) is 12.2. The highest BCUT2D eigenvalue weighted by molar-refractivity contribution is 5.26. The minimum atomic E-state index is -0.277. The van der Waals surface area contributed by atoms with Crippen LogP contribution in [0.15, 0.2) is 24.3 Å². The first-order chi connectivity index (χ1) is 7.27. The third-order valence-corrected chi connectivity index (χ3v) is 2.52. The van der Waals surface area contributed by atoms with Gasteiger partial charge < -0.3 is 16.2 Å². The van der Waals surface area contributed by atoms with E-state index in [1.165, 1.54) is 11.1 Å². The Bertz CT molecular complexity index is 289. The van der Waals surface area contributed by atoms with Crippen molar-refractivity contribution in [2.75, 3.05) is 13.6 Å². The van der Waals surface area contributed by atoms with Gasteiger partial charge in [0.2, 0.25) is 0 Å². The summed E-state index contributed by atoms with van der Waals surface area (Å²) in [6.07, 6.45) is 1.38. The quantitative estimate of drug-likeness (QED) is 0.643. The Morgan fingerprint density at radius 1 is 1.33 bits per heavy atom. The van der Waals surface area contributed by atoms with Crippen LogP contribution in [0.5, 0.6) is 0 Å². The molecule has 0 spiro atoms. The number of aliphatic hydroxyl groups excluding tert-OH is 1. The maximum absolute atomic E-state index is 9.58. The highest BCUT2D eigenvalue weighted by Gasteiger charge is 2.05. The fourth-order valence-electron chi connectivity index (χ4n) is 1.66. The first-order valence-corrected chi connectivity index (χ1v) is 5.37. The SMILES string of the molecule is CNC[C@@H](O)CCc1ccccc1CN. The second-order valence-electron chi connectivity index (χ2n) is 3.72. The molecular formula is C12H20N2O. The monoisotopic (exact) mass is 208 g/mol. The molecule has 0 aromatic heterocycles. The molecule has 0 fully saturated rings. The molecule has 0 saturated heterocycles. The van der Waals surface area contributed by atoms with Gasteiger partial charge in [-0.25, -0.2) is 0 Å². The molecule has 0 aliphatic rings. The number of aliphatic hydroxyl groups is 1. The van der Waals surface area contributed by atoms with Crippen molar-refractivity contribution >= 4 is 0 Å². The van der Waals surface area contributed by atoms with Crippen LogP contribution in [-0.2, 0) is 13.0 Å². The summed E-state index contributed by atoms with van der Waals surface area (Å²) in [4.78, 5) is 0. The van der Waals surface area contributed by atoms with E-state index in [9.17, 15) is 5.11 Å². The van der Waals surface area contributed by atoms with Gasteiger partial charge in [0.1, 0.15) is 0 Å². The van der Waals surface area contributed by atoms with Gasteiger partial charge in [0.15, 0.2) is 0 Å². The van der Waals surface area contributed by atoms with E-state index >= 15 is 0 Å². The van der Waals surface area contributed by atoms with E-state index in [2.05, 4.69) is 11.4 Å². The molecule has 0 unspecified atom stereocenters. The molecule has 3 heteroatoms. The zero-order chi connectivity index (χ0) is 11.1. The minimum Gasteiger partial charge on any atom is -0.392 e. The lowest BCUT2D eigenvalue weighted by Gasteiger charge is -2.11. The summed E-state index contributed by atoms with van der Waals surface area (Å²) in [6, 6.07) is 8.13. The van der Waals surface area contributed by atoms with E-state index in [0.29, 0.717) is 13.1 Å². The number of nitrogens with one attached hydrogen (secondary N) is 1. The Morgan fingerprint density at radius 3 is 2.60 bits per heavy atom. The second-order valence-corrected chi connectivity index (χ2v) is 3.72. The van der Waals surface area contributed by atoms with Gasteiger partial charge in [-0.3, -0.25) is 0 Å². The predicted octanol–water partition coefficient (Wildman–Crippen LogP) is 0.658. The summed E-state index contributed by atoms with van der Waals surface area (Å²) < 4.78 is 0. The topological polar surface area (TPSA) is 58.3 Å². The number of likely N-dealkylation sites (N-methyl/N-ethyl adjacent to an activating group) is 1. The standard InChI is InChI=1S/C12H20N2O/c1-14-9-12(15)7-6-10-4-2-3-5-11(10)8-13/h2-5,12,14-15H,6-9,13H2,1H3/t12-/m0/s1. The van der Waals surface area contributed by atoms with Crippen LogP contribution < -0.4 is 11.1 Å². The fraction of sp³-hybridized carbons (Fsp3) is 0.500. The van der Waals surface area contributed by atoms with Crippen molar-refractivity contribution in [2.45, 2.75) is 25.5 Å². The highest BCUT2D eigenvalue weighted by atomic mass is 16.3. The van der Waals surface area contributed by atoms with Crippen LogP contribution >= 0.6 is 0 Å². The van der Waals surface area contributed by atoms with Crippen LogP contribution in [0.1, 0.15) is 17.5 Å². The van der Waals surface area contributed by atoms with Crippen LogP contribution in [0.25, 0.3) is 0 Å². The molecule has 0 amide bonds. The lowest BCUT2D eigenvalue weighted by Crippen LogP contribution is -2.24. The van der Waals surface area contributed by atoms with Gasteiger partial charge in [0.05, 0.1) is 6.10 Å². The van der Waals surface area contributed by atoms with Gasteiger partial charge >= 0.3 is 0 Å². The van der Waals surface area contributed by atoms with E-state index in [-0.39, 0.29) is 6.10 Å². The molecule has 84 valence electrons. The van der Waals surface area contributed by atoms with Crippen LogP contribution in [0.2, 0.25) is 0 Å². The maximum Gasteiger partial charge on any atom is 0.0667 e. The van der Waals surface area contributed by atoms with Gasteiger partial charge in [-0.1, -0.05) is 24.3 Å². The van der Waals surface area contributed by atoms with E-state index in [1.54, 1.807) is 0 Å². The van der Waals surface area contributed by atoms with Crippen molar-refractivity contribution in [3.05, 3.63) is 35.4 Å². The number of aryl methyl sites for hydroxylation is 1. The van der Waals surface area contributed by atoms with Gasteiger partial charge in [-0.2, -0.15) is 0 Å². The van der Waals surface area contributed by atoms with Crippen molar-refractivity contribution in [2.24, 2.45) is 5.73 Å². The summed E-state index contributed by atoms with van der Waals surface area (Å²) >= 11 is 0. The molecule has 1 atom stereocenters. The summed E-state index contributed by atoms with van der Waals surface area (Å²) in [5.41, 5.74) is 8.06. The van der Waals surface area contributed by atoms with Gasteiger partial charge in [0.25, 0.3) is 0 Å². The zero-order valence-electron chi connectivity index (χ0n) is 9.24. The number of nitrogens with two attached hydrogens (primary N) is 1. The summed E-state index contributed by atoms with van der Waals surface area (Å²) in [6.45, 7) is 1.21. The average Bonchev–Trinajstić information content (AvgIpc) is 2.27. The molecule has 3 nitrogen and oxygen atoms in total. The maximum atomic E-state index is 9.58. The molecule has 1 aromatic carbocycles. The van der Waals surface area contributed by atoms with Crippen LogP contribution in [-0.4, -0.2) is 24.8 Å². The zero-order valence-corrected chi connectivity index (χ0v) is 9.24. The molecule has 0 radical (unpaired) electrons. The first-order valence-electron chi connectivity index (χ1n) is 5.37. The van der Waals surface area contributed by atoms with Gasteiger partial charge in [0, 0.05) is 13.1 Å². The Morgan fingerprint density at radius 2 is 2.00 bits per heavy atom. The summed E-state index contributed by atoms with van der Waals surface area (Å²) in [7, 11) is 1.84. The van der Waals surface area contributed by atoms with Crippen molar-refractivity contribution in [1.82, 2.24) is 5.32 Å². The molecule has 4 N–H and O–H groups in total. The second kappa shape index (κ2) is 6.56. The largest absolute Gasteiger partial charge is 0.392 e. The molecule has 1 aromatic rings. The van der Waals surface area contributed by atoms with Crippen molar-refractivity contribution in [1.29, 1.82) is 0 Å². The number of benzene rings is 1. The Balaban J connectivity index is 2.49. The molecule has 1 rings (SSSR count). The third kappa shape index (κ3) is 4.00. The Hall–Kier alpha value is -0.900. The Kier molecular flexibility index (Phi) is 5.32. The van der Waals surface area contributed by atoms with Crippen molar-refractivity contribution < 1.29 is 5.11 Å². The molecule has 0 aliphatic heterocycles. The number of rotatable bonds is 6. The molecule has 15 heavy (non-hydrogen) atoms. The highest BCUT2D eigenvalue weighted by Crippen LogP contribution is 2.11. The normalized spacial score (nSPS) is 12.7. The van der Waals surface area contributed by atoms with Crippen molar-refractivity contribution in [3.8, 4) is 0 Å². The third-order valence-electron chi connectivity index (χ3n) is 2.52. The molecular weight excluding hydrogens is 188 g/mol.